The summed E-state index contributed by atoms with van der Waals surface area (Å²) in [7, 11) is 1.26. The van der Waals surface area contributed by atoms with Crippen LogP contribution in [0.25, 0.3) is 0 Å². The van der Waals surface area contributed by atoms with Gasteiger partial charge in [0.05, 0.1) is 29.3 Å². The summed E-state index contributed by atoms with van der Waals surface area (Å²) in [4.78, 5) is 15.6. The molecular weight excluding hydrogens is 389 g/mol. The van der Waals surface area contributed by atoms with Crippen molar-refractivity contribution in [2.24, 2.45) is 0 Å². The Morgan fingerprint density at radius 3 is 2.29 bits per heavy atom. The summed E-state index contributed by atoms with van der Waals surface area (Å²) in [6.07, 6.45) is 0.184. The van der Waals surface area contributed by atoms with Gasteiger partial charge in [-0.25, -0.2) is 9.78 Å². The average molecular weight is 406 g/mol. The van der Waals surface area contributed by atoms with Crippen molar-refractivity contribution >= 4 is 18.6 Å². The summed E-state index contributed by atoms with van der Waals surface area (Å²) in [6.45, 7) is 0.112. The number of carbonyl (C=O) groups is 1. The van der Waals surface area contributed by atoms with Crippen LogP contribution in [0.4, 0.5) is 13.2 Å². The number of alkyl halides is 3. The van der Waals surface area contributed by atoms with Crippen LogP contribution in [0.5, 0.6) is 0 Å². The molecule has 0 saturated carbocycles. The predicted molar refractivity (Wildman–Crippen MR) is 101 cm³/mol. The first kappa shape index (κ1) is 20.0. The van der Waals surface area contributed by atoms with Crippen molar-refractivity contribution in [2.75, 3.05) is 7.11 Å². The maximum absolute atomic E-state index is 13.7. The Kier molecular flexibility index (Phi) is 5.51. The number of thiol groups is 1. The van der Waals surface area contributed by atoms with Gasteiger partial charge >= 0.3 is 12.1 Å². The van der Waals surface area contributed by atoms with Gasteiger partial charge in [-0.15, -0.1) is 0 Å². The minimum Gasteiger partial charge on any atom is -0.465 e. The molecular formula is C20H17F3N2O2S. The summed E-state index contributed by atoms with van der Waals surface area (Å²) in [6, 6.07) is 11.5. The third-order valence-electron chi connectivity index (χ3n) is 4.43. The monoisotopic (exact) mass is 406 g/mol. The van der Waals surface area contributed by atoms with Crippen LogP contribution in [0, 0.1) is 0 Å². The largest absolute Gasteiger partial charge is 0.465 e. The molecule has 2 aromatic carbocycles. The fourth-order valence-electron chi connectivity index (χ4n) is 3.07. The van der Waals surface area contributed by atoms with Gasteiger partial charge in [-0.2, -0.15) is 25.8 Å². The SMILES string of the molecule is COC(=O)c1ccc(C(S)(Cn2ccnc2)c2ccccc2C(F)(F)F)cc1. The summed E-state index contributed by atoms with van der Waals surface area (Å²) < 4.78 is 46.0. The molecule has 0 saturated heterocycles. The van der Waals surface area contributed by atoms with Crippen molar-refractivity contribution in [2.45, 2.75) is 17.5 Å². The van der Waals surface area contributed by atoms with Gasteiger partial charge in [-0.05, 0) is 29.3 Å². The van der Waals surface area contributed by atoms with Crippen LogP contribution in [0.2, 0.25) is 0 Å². The quantitative estimate of drug-likeness (QED) is 0.499. The molecule has 4 nitrogen and oxygen atoms in total. The highest BCUT2D eigenvalue weighted by atomic mass is 32.1. The normalized spacial score (nSPS) is 13.8. The zero-order valence-electron chi connectivity index (χ0n) is 14.8. The number of carbonyl (C=O) groups excluding carboxylic acids is 1. The highest BCUT2D eigenvalue weighted by Gasteiger charge is 2.41. The van der Waals surface area contributed by atoms with Gasteiger partial charge < -0.3 is 9.30 Å². The lowest BCUT2D eigenvalue weighted by molar-refractivity contribution is -0.138. The minimum absolute atomic E-state index is 0.0188. The Bertz CT molecular complexity index is 956. The molecule has 0 amide bonds. The van der Waals surface area contributed by atoms with E-state index in [2.05, 4.69) is 9.72 Å². The number of esters is 1. The Labute approximate surface area is 165 Å². The Morgan fingerprint density at radius 2 is 1.75 bits per heavy atom. The van der Waals surface area contributed by atoms with Crippen LogP contribution in [-0.2, 0) is 22.2 Å². The number of rotatable bonds is 5. The van der Waals surface area contributed by atoms with Gasteiger partial charge in [0.25, 0.3) is 0 Å². The molecule has 0 aliphatic rings. The van der Waals surface area contributed by atoms with E-state index in [1.54, 1.807) is 35.2 Å². The van der Waals surface area contributed by atoms with Crippen molar-refractivity contribution < 1.29 is 22.7 Å². The van der Waals surface area contributed by atoms with E-state index in [1.165, 1.54) is 37.7 Å². The van der Waals surface area contributed by atoms with E-state index < -0.39 is 22.5 Å². The Morgan fingerprint density at radius 1 is 1.11 bits per heavy atom. The van der Waals surface area contributed by atoms with Crippen molar-refractivity contribution in [1.29, 1.82) is 0 Å². The second-order valence-corrected chi connectivity index (χ2v) is 6.97. The topological polar surface area (TPSA) is 44.1 Å². The summed E-state index contributed by atoms with van der Waals surface area (Å²) in [5.74, 6) is -0.526. The molecule has 0 N–H and O–H groups in total. The van der Waals surface area contributed by atoms with Gasteiger partial charge in [0.1, 0.15) is 0 Å². The molecule has 0 aliphatic carbocycles. The highest BCUT2D eigenvalue weighted by molar-refractivity contribution is 7.81. The standard InChI is InChI=1S/C20H17F3N2O2S/c1-27-18(26)14-6-8-15(9-7-14)19(28,12-25-11-10-24-13-25)16-4-2-3-5-17(16)20(21,22)23/h2-11,13,28H,12H2,1H3. The highest BCUT2D eigenvalue weighted by Crippen LogP contribution is 2.44. The zero-order valence-corrected chi connectivity index (χ0v) is 15.7. The first-order valence-corrected chi connectivity index (χ1v) is 8.74. The molecule has 3 aromatic rings. The van der Waals surface area contributed by atoms with E-state index in [1.807, 2.05) is 0 Å². The van der Waals surface area contributed by atoms with E-state index in [0.29, 0.717) is 11.1 Å². The zero-order chi connectivity index (χ0) is 20.4. The van der Waals surface area contributed by atoms with Gasteiger partial charge in [0.2, 0.25) is 0 Å². The number of imidazole rings is 1. The number of methoxy groups -OCH3 is 1. The lowest BCUT2D eigenvalue weighted by atomic mass is 9.86. The van der Waals surface area contributed by atoms with Gasteiger partial charge in [0, 0.05) is 18.9 Å². The molecule has 0 bridgehead atoms. The van der Waals surface area contributed by atoms with Crippen LogP contribution in [0.1, 0.15) is 27.0 Å². The van der Waals surface area contributed by atoms with Crippen molar-refractivity contribution in [3.8, 4) is 0 Å². The van der Waals surface area contributed by atoms with E-state index in [0.717, 1.165) is 6.07 Å². The molecule has 1 heterocycles. The van der Waals surface area contributed by atoms with Gasteiger partial charge in [0.15, 0.2) is 0 Å². The maximum Gasteiger partial charge on any atom is 0.416 e. The predicted octanol–water partition coefficient (Wildman–Crippen LogP) is 4.56. The molecule has 0 aliphatic heterocycles. The van der Waals surface area contributed by atoms with Crippen LogP contribution in [-0.4, -0.2) is 22.6 Å². The lowest BCUT2D eigenvalue weighted by Gasteiger charge is -2.32. The van der Waals surface area contributed by atoms with E-state index >= 15 is 0 Å². The van der Waals surface area contributed by atoms with Crippen LogP contribution in [0.15, 0.2) is 67.3 Å². The maximum atomic E-state index is 13.7. The number of nitrogens with zero attached hydrogens (tertiary/aromatic N) is 2. The molecule has 1 aromatic heterocycles. The van der Waals surface area contributed by atoms with Crippen LogP contribution in [0.3, 0.4) is 0 Å². The fraction of sp³-hybridized carbons (Fsp3) is 0.200. The number of hydrogen-bond donors (Lipinski definition) is 1. The second kappa shape index (κ2) is 7.71. The summed E-state index contributed by atoms with van der Waals surface area (Å²) in [5, 5.41) is 0. The molecule has 8 heteroatoms. The molecule has 1 unspecified atom stereocenters. The average Bonchev–Trinajstić information content (AvgIpc) is 3.19. The molecule has 0 fully saturated rings. The third kappa shape index (κ3) is 3.91. The third-order valence-corrected chi connectivity index (χ3v) is 5.07. The minimum atomic E-state index is -4.54. The first-order valence-electron chi connectivity index (χ1n) is 8.29. The number of ether oxygens (including phenoxy) is 1. The molecule has 28 heavy (non-hydrogen) atoms. The molecule has 0 spiro atoms. The first-order chi connectivity index (χ1) is 13.3. The number of benzene rings is 2. The van der Waals surface area contributed by atoms with Crippen molar-refractivity contribution in [3.63, 3.8) is 0 Å². The smallest absolute Gasteiger partial charge is 0.416 e. The number of halogens is 3. The van der Waals surface area contributed by atoms with Gasteiger partial charge in [-0.3, -0.25) is 0 Å². The van der Waals surface area contributed by atoms with Crippen molar-refractivity contribution in [1.82, 2.24) is 9.55 Å². The van der Waals surface area contributed by atoms with Gasteiger partial charge in [-0.1, -0.05) is 30.3 Å². The number of hydrogen-bond acceptors (Lipinski definition) is 4. The summed E-state index contributed by atoms with van der Waals surface area (Å²) >= 11 is 4.73. The van der Waals surface area contributed by atoms with Crippen LogP contribution < -0.4 is 0 Å². The number of aromatic nitrogens is 2. The van der Waals surface area contributed by atoms with E-state index in [-0.39, 0.29) is 12.1 Å². The Balaban J connectivity index is 2.16. The second-order valence-electron chi connectivity index (χ2n) is 6.21. The molecule has 0 radical (unpaired) electrons. The molecule has 146 valence electrons. The van der Waals surface area contributed by atoms with Crippen molar-refractivity contribution in [3.05, 3.63) is 89.5 Å². The van der Waals surface area contributed by atoms with Crippen LogP contribution >= 0.6 is 12.6 Å². The Hall–Kier alpha value is -2.74. The summed E-state index contributed by atoms with van der Waals surface area (Å²) in [5.41, 5.74) is 0.0649. The molecule has 3 rings (SSSR count). The van der Waals surface area contributed by atoms with E-state index in [9.17, 15) is 18.0 Å². The molecule has 1 atom stereocenters. The lowest BCUT2D eigenvalue weighted by Crippen LogP contribution is -2.30. The fourth-order valence-corrected chi connectivity index (χ4v) is 3.57. The van der Waals surface area contributed by atoms with E-state index in [4.69, 9.17) is 12.6 Å².